The first kappa shape index (κ1) is 23.0. The van der Waals surface area contributed by atoms with Crippen LogP contribution in [-0.2, 0) is 30.5 Å². The van der Waals surface area contributed by atoms with E-state index in [1.165, 1.54) is 19.3 Å². The highest BCUT2D eigenvalue weighted by Crippen LogP contribution is 2.24. The van der Waals surface area contributed by atoms with Crippen LogP contribution in [0.2, 0.25) is 0 Å². The van der Waals surface area contributed by atoms with Crippen LogP contribution >= 0.6 is 0 Å². The molecule has 2 atom stereocenters. The molecule has 8 nitrogen and oxygen atoms in total. The minimum absolute atomic E-state index is 0.0687. The lowest BCUT2D eigenvalue weighted by molar-refractivity contribution is -0.171. The molecule has 0 fully saturated rings. The van der Waals surface area contributed by atoms with Crippen molar-refractivity contribution in [3.63, 3.8) is 0 Å². The van der Waals surface area contributed by atoms with Gasteiger partial charge in [0.25, 0.3) is 0 Å². The minimum Gasteiger partial charge on any atom is -0.460 e. The third-order valence-corrected chi connectivity index (χ3v) is 4.09. The van der Waals surface area contributed by atoms with E-state index in [0.29, 0.717) is 5.69 Å². The van der Waals surface area contributed by atoms with Gasteiger partial charge in [-0.1, -0.05) is 30.3 Å². The van der Waals surface area contributed by atoms with E-state index >= 15 is 0 Å². The number of esters is 2. The second kappa shape index (κ2) is 9.49. The van der Waals surface area contributed by atoms with Gasteiger partial charge in [-0.05, 0) is 45.4 Å². The number of hydrogen-bond acceptors (Lipinski definition) is 7. The number of ether oxygens (including phenoxy) is 2. The summed E-state index contributed by atoms with van der Waals surface area (Å²) < 4.78 is 10.6. The molecule has 0 aliphatic carbocycles. The fourth-order valence-corrected chi connectivity index (χ4v) is 2.59. The summed E-state index contributed by atoms with van der Waals surface area (Å²) in [5, 5.41) is 2.55. The van der Waals surface area contributed by atoms with Crippen LogP contribution in [-0.4, -0.2) is 34.0 Å². The molecule has 1 aromatic carbocycles. The molecule has 2 aromatic rings. The minimum atomic E-state index is -1.96. The maximum absolute atomic E-state index is 13.0. The molecular weight excluding hydrogens is 386 g/mol. The van der Waals surface area contributed by atoms with Crippen molar-refractivity contribution in [2.24, 2.45) is 11.7 Å². The number of carbonyl (C=O) groups is 3. The normalized spacial score (nSPS) is 14.2. The van der Waals surface area contributed by atoms with E-state index in [4.69, 9.17) is 15.2 Å². The van der Waals surface area contributed by atoms with Gasteiger partial charge in [0.15, 0.2) is 5.92 Å². The Bertz CT molecular complexity index is 877. The average molecular weight is 413 g/mol. The highest BCUT2D eigenvalue weighted by Gasteiger charge is 2.50. The van der Waals surface area contributed by atoms with Crippen molar-refractivity contribution in [3.8, 4) is 0 Å². The predicted molar refractivity (Wildman–Crippen MR) is 111 cm³/mol. The van der Waals surface area contributed by atoms with Crippen molar-refractivity contribution in [2.75, 3.05) is 5.32 Å². The molecule has 0 radical (unpaired) electrons. The highest BCUT2D eigenvalue weighted by atomic mass is 16.6. The molecule has 1 amide bonds. The average Bonchev–Trinajstić information content (AvgIpc) is 2.66. The number of hydrogen-bond donors (Lipinski definition) is 2. The largest absolute Gasteiger partial charge is 0.460 e. The van der Waals surface area contributed by atoms with Crippen molar-refractivity contribution in [1.29, 1.82) is 0 Å². The second-order valence-corrected chi connectivity index (χ2v) is 8.04. The topological polar surface area (TPSA) is 121 Å². The Morgan fingerprint density at radius 3 is 2.30 bits per heavy atom. The molecule has 0 bridgehead atoms. The van der Waals surface area contributed by atoms with Crippen molar-refractivity contribution < 1.29 is 23.9 Å². The van der Waals surface area contributed by atoms with Crippen LogP contribution in [0.3, 0.4) is 0 Å². The number of carbonyl (C=O) groups excluding carboxylic acids is 3. The fourth-order valence-electron chi connectivity index (χ4n) is 2.59. The van der Waals surface area contributed by atoms with E-state index in [2.05, 4.69) is 10.3 Å². The van der Waals surface area contributed by atoms with E-state index in [1.54, 1.807) is 57.2 Å². The van der Waals surface area contributed by atoms with Crippen molar-refractivity contribution in [2.45, 2.75) is 45.4 Å². The summed E-state index contributed by atoms with van der Waals surface area (Å²) in [6.07, 6.45) is 2.95. The Kier molecular flexibility index (Phi) is 7.28. The number of nitrogens with two attached hydrogens (primary N) is 1. The van der Waals surface area contributed by atoms with E-state index in [-0.39, 0.29) is 6.61 Å². The first-order chi connectivity index (χ1) is 14.0. The molecule has 1 heterocycles. The molecule has 1 aromatic heterocycles. The molecule has 160 valence electrons. The fraction of sp³-hybridized carbons (Fsp3) is 0.364. The Morgan fingerprint density at radius 2 is 1.73 bits per heavy atom. The first-order valence-corrected chi connectivity index (χ1v) is 9.44. The van der Waals surface area contributed by atoms with Gasteiger partial charge in [-0.2, -0.15) is 0 Å². The zero-order valence-electron chi connectivity index (χ0n) is 17.5. The van der Waals surface area contributed by atoms with Gasteiger partial charge in [-0.25, -0.2) is 0 Å². The lowest BCUT2D eigenvalue weighted by atomic mass is 9.85. The van der Waals surface area contributed by atoms with Gasteiger partial charge in [-0.15, -0.1) is 0 Å². The standard InChI is InChI=1S/C22H27N3O5/c1-21(2,3)30-20(28)22(4,23)17(18(26)25-16-11-8-12-24-13-16)19(27)29-14-15-9-6-5-7-10-15/h5-13,17H,14,23H2,1-4H3,(H,25,26)/t17?,22-/m0/s1. The van der Waals surface area contributed by atoms with Crippen LogP contribution in [0.25, 0.3) is 0 Å². The molecule has 3 N–H and O–H groups in total. The third-order valence-electron chi connectivity index (χ3n) is 4.09. The number of anilines is 1. The molecule has 8 heteroatoms. The number of amides is 1. The molecule has 30 heavy (non-hydrogen) atoms. The summed E-state index contributed by atoms with van der Waals surface area (Å²) in [6.45, 7) is 6.21. The maximum Gasteiger partial charge on any atom is 0.327 e. The molecular formula is C22H27N3O5. The monoisotopic (exact) mass is 413 g/mol. The Hall–Kier alpha value is -3.26. The quantitative estimate of drug-likeness (QED) is 0.528. The van der Waals surface area contributed by atoms with Crippen molar-refractivity contribution in [3.05, 3.63) is 60.4 Å². The molecule has 1 unspecified atom stereocenters. The van der Waals surface area contributed by atoms with Gasteiger partial charge >= 0.3 is 11.9 Å². The first-order valence-electron chi connectivity index (χ1n) is 9.44. The Morgan fingerprint density at radius 1 is 1.07 bits per heavy atom. The van der Waals surface area contributed by atoms with E-state index in [1.807, 2.05) is 6.07 Å². The second-order valence-electron chi connectivity index (χ2n) is 8.04. The summed E-state index contributed by atoms with van der Waals surface area (Å²) in [6, 6.07) is 12.2. The number of aromatic nitrogens is 1. The molecule has 0 aliphatic heterocycles. The van der Waals surface area contributed by atoms with Crippen LogP contribution in [0.4, 0.5) is 5.69 Å². The zero-order chi connectivity index (χ0) is 22.4. The molecule has 0 aliphatic rings. The predicted octanol–water partition coefficient (Wildman–Crippen LogP) is 2.44. The Balaban J connectivity index is 2.27. The molecule has 0 spiro atoms. The summed E-state index contributed by atoms with van der Waals surface area (Å²) in [5.41, 5.74) is 4.45. The van der Waals surface area contributed by atoms with E-state index in [9.17, 15) is 14.4 Å². The van der Waals surface area contributed by atoms with Crippen LogP contribution in [0, 0.1) is 5.92 Å². The van der Waals surface area contributed by atoms with Crippen molar-refractivity contribution >= 4 is 23.5 Å². The summed E-state index contributed by atoms with van der Waals surface area (Å²) in [7, 11) is 0. The number of benzene rings is 1. The van der Waals surface area contributed by atoms with Crippen molar-refractivity contribution in [1.82, 2.24) is 4.98 Å². The highest BCUT2D eigenvalue weighted by molar-refractivity contribution is 6.09. The van der Waals surface area contributed by atoms with Gasteiger partial charge in [0.05, 0.1) is 11.9 Å². The summed E-state index contributed by atoms with van der Waals surface area (Å²) in [4.78, 5) is 42.5. The summed E-state index contributed by atoms with van der Waals surface area (Å²) in [5.74, 6) is -4.26. The summed E-state index contributed by atoms with van der Waals surface area (Å²) >= 11 is 0. The van der Waals surface area contributed by atoms with Gasteiger partial charge < -0.3 is 20.5 Å². The van der Waals surface area contributed by atoms with Crippen LogP contribution in [0.15, 0.2) is 54.9 Å². The smallest absolute Gasteiger partial charge is 0.327 e. The Labute approximate surface area is 175 Å². The van der Waals surface area contributed by atoms with E-state index in [0.717, 1.165) is 5.56 Å². The molecule has 0 saturated heterocycles. The molecule has 2 rings (SSSR count). The number of nitrogens with one attached hydrogen (secondary N) is 1. The number of rotatable bonds is 7. The lowest BCUT2D eigenvalue weighted by Crippen LogP contribution is -2.60. The number of pyridine rings is 1. The van der Waals surface area contributed by atoms with Gasteiger partial charge in [0.1, 0.15) is 17.7 Å². The van der Waals surface area contributed by atoms with Gasteiger partial charge in [0.2, 0.25) is 5.91 Å². The van der Waals surface area contributed by atoms with Gasteiger partial charge in [0, 0.05) is 6.20 Å². The van der Waals surface area contributed by atoms with Crippen LogP contribution in [0.1, 0.15) is 33.3 Å². The van der Waals surface area contributed by atoms with Crippen LogP contribution < -0.4 is 11.1 Å². The lowest BCUT2D eigenvalue weighted by Gasteiger charge is -2.32. The van der Waals surface area contributed by atoms with Crippen LogP contribution in [0.5, 0.6) is 0 Å². The SMILES string of the molecule is CC(C)(C)OC(=O)[C@@](C)(N)C(C(=O)Nc1cccnc1)C(=O)OCc1ccccc1. The number of nitrogens with zero attached hydrogens (tertiary/aromatic N) is 1. The maximum atomic E-state index is 13.0. The zero-order valence-corrected chi connectivity index (χ0v) is 17.5. The van der Waals surface area contributed by atoms with Gasteiger partial charge in [-0.3, -0.25) is 19.4 Å². The van der Waals surface area contributed by atoms with E-state index < -0.39 is 34.9 Å². The third kappa shape index (κ3) is 6.38. The molecule has 0 saturated carbocycles.